The quantitative estimate of drug-likeness (QED) is 0.737. The summed E-state index contributed by atoms with van der Waals surface area (Å²) >= 11 is 1.18. The van der Waals surface area contributed by atoms with E-state index in [-0.39, 0.29) is 28.2 Å². The molecule has 0 fully saturated rings. The molecule has 0 unspecified atom stereocenters. The molecular formula is C19H22N2O4S2. The van der Waals surface area contributed by atoms with Crippen molar-refractivity contribution in [2.45, 2.75) is 18.7 Å². The second-order valence-electron chi connectivity index (χ2n) is 6.21. The van der Waals surface area contributed by atoms with Crippen molar-refractivity contribution < 1.29 is 18.0 Å². The highest BCUT2D eigenvalue weighted by molar-refractivity contribution is 8.00. The Morgan fingerprint density at radius 1 is 0.963 bits per heavy atom. The number of anilines is 2. The summed E-state index contributed by atoms with van der Waals surface area (Å²) in [4.78, 5) is 24.1. The van der Waals surface area contributed by atoms with E-state index < -0.39 is 9.84 Å². The largest absolute Gasteiger partial charge is 0.325 e. The molecule has 0 heterocycles. The number of carbonyl (C=O) groups excluding carboxylic acids is 2. The summed E-state index contributed by atoms with van der Waals surface area (Å²) in [6, 6.07) is 11.8. The summed E-state index contributed by atoms with van der Waals surface area (Å²) in [5.41, 5.74) is 3.27. The summed E-state index contributed by atoms with van der Waals surface area (Å²) in [5.74, 6) is -0.253. The zero-order valence-electron chi connectivity index (χ0n) is 15.4. The van der Waals surface area contributed by atoms with Crippen molar-refractivity contribution in [1.82, 2.24) is 0 Å². The van der Waals surface area contributed by atoms with Gasteiger partial charge in [0.1, 0.15) is 0 Å². The van der Waals surface area contributed by atoms with E-state index in [2.05, 4.69) is 10.6 Å². The van der Waals surface area contributed by atoms with E-state index in [1.165, 1.54) is 23.9 Å². The Labute approximate surface area is 163 Å². The SMILES string of the molecule is Cc1ccc(NC(=O)CSCC(=O)Nc2cccc(S(C)(=O)=O)c2)c(C)c1. The normalized spacial score (nSPS) is 11.1. The van der Waals surface area contributed by atoms with Gasteiger partial charge in [0.05, 0.1) is 16.4 Å². The predicted molar refractivity (Wildman–Crippen MR) is 110 cm³/mol. The van der Waals surface area contributed by atoms with Crippen LogP contribution in [0.15, 0.2) is 47.4 Å². The molecule has 2 amide bonds. The maximum atomic E-state index is 12.0. The summed E-state index contributed by atoms with van der Waals surface area (Å²) in [5, 5.41) is 5.46. The molecule has 2 aromatic carbocycles. The van der Waals surface area contributed by atoms with Gasteiger partial charge in [0.2, 0.25) is 11.8 Å². The number of thioether (sulfide) groups is 1. The Balaban J connectivity index is 1.81. The molecule has 0 saturated heterocycles. The van der Waals surface area contributed by atoms with E-state index in [4.69, 9.17) is 0 Å². The van der Waals surface area contributed by atoms with E-state index in [1.54, 1.807) is 12.1 Å². The van der Waals surface area contributed by atoms with E-state index >= 15 is 0 Å². The number of hydrogen-bond acceptors (Lipinski definition) is 5. The average molecular weight is 407 g/mol. The molecule has 6 nitrogen and oxygen atoms in total. The Morgan fingerprint density at radius 2 is 1.63 bits per heavy atom. The Kier molecular flexibility index (Phi) is 7.04. The zero-order chi connectivity index (χ0) is 20.0. The number of rotatable bonds is 7. The van der Waals surface area contributed by atoms with E-state index in [9.17, 15) is 18.0 Å². The highest BCUT2D eigenvalue weighted by atomic mass is 32.2. The lowest BCUT2D eigenvalue weighted by atomic mass is 10.1. The Hall–Kier alpha value is -2.32. The lowest BCUT2D eigenvalue weighted by Gasteiger charge is -2.09. The molecule has 0 aliphatic rings. The maximum absolute atomic E-state index is 12.0. The molecule has 0 aromatic heterocycles. The summed E-state index contributed by atoms with van der Waals surface area (Å²) in [6.45, 7) is 3.91. The average Bonchev–Trinajstić information content (AvgIpc) is 2.57. The van der Waals surface area contributed by atoms with Crippen molar-refractivity contribution in [3.8, 4) is 0 Å². The summed E-state index contributed by atoms with van der Waals surface area (Å²) in [6.07, 6.45) is 1.11. The Morgan fingerprint density at radius 3 is 2.26 bits per heavy atom. The lowest BCUT2D eigenvalue weighted by Crippen LogP contribution is -2.19. The molecule has 8 heteroatoms. The van der Waals surface area contributed by atoms with Crippen LogP contribution < -0.4 is 10.6 Å². The fraction of sp³-hybridized carbons (Fsp3) is 0.263. The fourth-order valence-electron chi connectivity index (χ4n) is 2.38. The van der Waals surface area contributed by atoms with Crippen LogP contribution in [0.3, 0.4) is 0 Å². The molecule has 0 bridgehead atoms. The minimum Gasteiger partial charge on any atom is -0.325 e. The Bertz CT molecular complexity index is 956. The molecular weight excluding hydrogens is 384 g/mol. The molecule has 0 aliphatic heterocycles. The van der Waals surface area contributed by atoms with Crippen molar-refractivity contribution in [3.63, 3.8) is 0 Å². The fourth-order valence-corrected chi connectivity index (χ4v) is 3.66. The number of carbonyl (C=O) groups is 2. The van der Waals surface area contributed by atoms with Gasteiger partial charge in [-0.15, -0.1) is 11.8 Å². The number of amides is 2. The lowest BCUT2D eigenvalue weighted by molar-refractivity contribution is -0.114. The topological polar surface area (TPSA) is 92.3 Å². The third kappa shape index (κ3) is 6.73. The van der Waals surface area contributed by atoms with Crippen LogP contribution in [0.2, 0.25) is 0 Å². The second kappa shape index (κ2) is 9.05. The van der Waals surface area contributed by atoms with Crippen LogP contribution >= 0.6 is 11.8 Å². The monoisotopic (exact) mass is 406 g/mol. The first-order valence-electron chi connectivity index (χ1n) is 8.20. The third-order valence-electron chi connectivity index (χ3n) is 3.67. The predicted octanol–water partition coefficient (Wildman–Crippen LogP) is 3.02. The zero-order valence-corrected chi connectivity index (χ0v) is 17.0. The van der Waals surface area contributed by atoms with E-state index in [0.717, 1.165) is 23.1 Å². The number of nitrogens with one attached hydrogen (secondary N) is 2. The first-order chi connectivity index (χ1) is 12.6. The van der Waals surface area contributed by atoms with Gasteiger partial charge in [-0.2, -0.15) is 0 Å². The highest BCUT2D eigenvalue weighted by Gasteiger charge is 2.10. The molecule has 2 rings (SSSR count). The third-order valence-corrected chi connectivity index (χ3v) is 5.71. The van der Waals surface area contributed by atoms with Crippen molar-refractivity contribution >= 4 is 44.8 Å². The molecule has 2 N–H and O–H groups in total. The van der Waals surface area contributed by atoms with Crippen molar-refractivity contribution in [3.05, 3.63) is 53.6 Å². The molecule has 144 valence electrons. The van der Waals surface area contributed by atoms with Gasteiger partial charge >= 0.3 is 0 Å². The van der Waals surface area contributed by atoms with Crippen LogP contribution in [-0.4, -0.2) is 38.0 Å². The molecule has 0 radical (unpaired) electrons. The van der Waals surface area contributed by atoms with Gasteiger partial charge in [-0.25, -0.2) is 8.42 Å². The smallest absolute Gasteiger partial charge is 0.234 e. The number of sulfone groups is 1. The van der Waals surface area contributed by atoms with Gasteiger partial charge in [0.25, 0.3) is 0 Å². The molecule has 27 heavy (non-hydrogen) atoms. The van der Waals surface area contributed by atoms with Crippen LogP contribution in [0.4, 0.5) is 11.4 Å². The van der Waals surface area contributed by atoms with Crippen molar-refractivity contribution in [2.75, 3.05) is 28.4 Å². The van der Waals surface area contributed by atoms with E-state index in [1.807, 2.05) is 32.0 Å². The van der Waals surface area contributed by atoms with Gasteiger partial charge in [-0.1, -0.05) is 23.8 Å². The second-order valence-corrected chi connectivity index (χ2v) is 9.21. The van der Waals surface area contributed by atoms with Crippen molar-refractivity contribution in [1.29, 1.82) is 0 Å². The highest BCUT2D eigenvalue weighted by Crippen LogP contribution is 2.17. The van der Waals surface area contributed by atoms with Crippen LogP contribution in [0.25, 0.3) is 0 Å². The maximum Gasteiger partial charge on any atom is 0.234 e. The molecule has 0 aliphatic carbocycles. The summed E-state index contributed by atoms with van der Waals surface area (Å²) in [7, 11) is -3.33. The minimum absolute atomic E-state index is 0.0867. The van der Waals surface area contributed by atoms with Gasteiger partial charge in [-0.05, 0) is 43.7 Å². The van der Waals surface area contributed by atoms with Crippen LogP contribution in [-0.2, 0) is 19.4 Å². The van der Waals surface area contributed by atoms with Gasteiger partial charge in [-0.3, -0.25) is 9.59 Å². The standard InChI is InChI=1S/C19H22N2O4S2/c1-13-7-8-17(14(2)9-13)21-19(23)12-26-11-18(22)20-15-5-4-6-16(10-15)27(3,24)25/h4-10H,11-12H2,1-3H3,(H,20,22)(H,21,23). The van der Waals surface area contributed by atoms with Crippen LogP contribution in [0.5, 0.6) is 0 Å². The van der Waals surface area contributed by atoms with Crippen LogP contribution in [0.1, 0.15) is 11.1 Å². The van der Waals surface area contributed by atoms with Crippen molar-refractivity contribution in [2.24, 2.45) is 0 Å². The van der Waals surface area contributed by atoms with Gasteiger partial charge in [0.15, 0.2) is 9.84 Å². The van der Waals surface area contributed by atoms with Gasteiger partial charge in [0, 0.05) is 17.6 Å². The molecule has 2 aromatic rings. The molecule has 0 saturated carbocycles. The molecule has 0 spiro atoms. The minimum atomic E-state index is -3.33. The first kappa shape index (κ1) is 21.0. The van der Waals surface area contributed by atoms with E-state index in [0.29, 0.717) is 5.69 Å². The van der Waals surface area contributed by atoms with Crippen LogP contribution in [0, 0.1) is 13.8 Å². The summed E-state index contributed by atoms with van der Waals surface area (Å²) < 4.78 is 23.1. The molecule has 0 atom stereocenters. The first-order valence-corrected chi connectivity index (χ1v) is 11.2. The van der Waals surface area contributed by atoms with Gasteiger partial charge < -0.3 is 10.6 Å². The number of aryl methyl sites for hydroxylation is 2. The number of hydrogen-bond donors (Lipinski definition) is 2. The number of benzene rings is 2.